The van der Waals surface area contributed by atoms with Crippen LogP contribution in [0.1, 0.15) is 39.5 Å². The van der Waals surface area contributed by atoms with E-state index in [9.17, 15) is 13.2 Å². The molecule has 0 bridgehead atoms. The molecule has 1 amide bonds. The topological polar surface area (TPSA) is 69.7 Å². The van der Waals surface area contributed by atoms with Gasteiger partial charge in [0.2, 0.25) is 5.91 Å². The first-order valence-electron chi connectivity index (χ1n) is 7.47. The average Bonchev–Trinajstić information content (AvgIpc) is 2.99. The highest BCUT2D eigenvalue weighted by Crippen LogP contribution is 2.23. The van der Waals surface area contributed by atoms with Crippen LogP contribution in [0.15, 0.2) is 0 Å². The lowest BCUT2D eigenvalue weighted by Gasteiger charge is -2.23. The Balaban J connectivity index is 2.03. The Morgan fingerprint density at radius 3 is 2.45 bits per heavy atom. The minimum absolute atomic E-state index is 0.0222. The van der Waals surface area contributed by atoms with E-state index >= 15 is 0 Å². The molecule has 0 aromatic carbocycles. The molecule has 7 heteroatoms. The fourth-order valence-electron chi connectivity index (χ4n) is 3.12. The fraction of sp³-hybridized carbons (Fsp3) is 0.923. The van der Waals surface area contributed by atoms with Crippen molar-refractivity contribution >= 4 is 16.1 Å². The maximum Gasteiger partial charge on any atom is 0.279 e. The van der Waals surface area contributed by atoms with Crippen LogP contribution in [0, 0.1) is 5.92 Å². The first kappa shape index (κ1) is 15.7. The summed E-state index contributed by atoms with van der Waals surface area (Å²) in [5.74, 6) is 0.246. The summed E-state index contributed by atoms with van der Waals surface area (Å²) in [5, 5.41) is 0. The van der Waals surface area contributed by atoms with Gasteiger partial charge in [0.15, 0.2) is 0 Å². The van der Waals surface area contributed by atoms with Crippen LogP contribution in [-0.4, -0.2) is 55.8 Å². The Bertz CT molecular complexity index is 446. The molecule has 0 radical (unpaired) electrons. The third kappa shape index (κ3) is 3.51. The number of amides is 1. The van der Waals surface area contributed by atoms with Crippen molar-refractivity contribution in [1.82, 2.24) is 13.9 Å². The van der Waals surface area contributed by atoms with Crippen molar-refractivity contribution in [2.24, 2.45) is 5.92 Å². The summed E-state index contributed by atoms with van der Waals surface area (Å²) >= 11 is 0. The first-order valence-corrected chi connectivity index (χ1v) is 8.91. The van der Waals surface area contributed by atoms with E-state index in [0.29, 0.717) is 26.2 Å². The van der Waals surface area contributed by atoms with Crippen LogP contribution in [0.25, 0.3) is 0 Å². The zero-order valence-electron chi connectivity index (χ0n) is 12.3. The number of carbonyl (C=O) groups excluding carboxylic acids is 1. The molecule has 6 nitrogen and oxygen atoms in total. The van der Waals surface area contributed by atoms with Crippen LogP contribution in [-0.2, 0) is 15.0 Å². The average molecular weight is 303 g/mol. The predicted molar refractivity (Wildman–Crippen MR) is 77.3 cm³/mol. The van der Waals surface area contributed by atoms with Crippen molar-refractivity contribution in [3.8, 4) is 0 Å². The van der Waals surface area contributed by atoms with Gasteiger partial charge in [0, 0.05) is 39.1 Å². The lowest BCUT2D eigenvalue weighted by Crippen LogP contribution is -2.47. The van der Waals surface area contributed by atoms with Gasteiger partial charge >= 0.3 is 0 Å². The maximum absolute atomic E-state index is 12.3. The molecular formula is C13H25N3O3S. The fourth-order valence-corrected chi connectivity index (χ4v) is 4.66. The van der Waals surface area contributed by atoms with Gasteiger partial charge in [-0.15, -0.1) is 0 Å². The zero-order chi connectivity index (χ0) is 14.8. The molecule has 0 aromatic rings. The normalized spacial score (nSPS) is 28.2. The predicted octanol–water partition coefficient (Wildman–Crippen LogP) is 0.564. The van der Waals surface area contributed by atoms with Crippen LogP contribution < -0.4 is 4.72 Å². The third-order valence-electron chi connectivity index (χ3n) is 4.25. The van der Waals surface area contributed by atoms with Crippen LogP contribution in [0.2, 0.25) is 0 Å². The van der Waals surface area contributed by atoms with Gasteiger partial charge in [-0.3, -0.25) is 4.79 Å². The second-order valence-electron chi connectivity index (χ2n) is 5.81. The van der Waals surface area contributed by atoms with Crippen molar-refractivity contribution < 1.29 is 13.2 Å². The Morgan fingerprint density at radius 2 is 1.90 bits per heavy atom. The standard InChI is InChI=1S/C13H25N3O3S/c1-3-6-12-9-15(11(2)17)10-13(12)14-20(18,19)16-7-4-5-8-16/h12-14H,3-10H2,1-2H3/t12-,13-/m0/s1. The largest absolute Gasteiger partial charge is 0.341 e. The first-order chi connectivity index (χ1) is 9.44. The third-order valence-corrected chi connectivity index (χ3v) is 5.90. The van der Waals surface area contributed by atoms with Gasteiger partial charge in [-0.2, -0.15) is 17.4 Å². The van der Waals surface area contributed by atoms with Crippen LogP contribution in [0.4, 0.5) is 0 Å². The summed E-state index contributed by atoms with van der Waals surface area (Å²) in [6.07, 6.45) is 3.81. The van der Waals surface area contributed by atoms with E-state index in [-0.39, 0.29) is 17.9 Å². The second-order valence-corrected chi connectivity index (χ2v) is 7.51. The molecule has 0 saturated carbocycles. The van der Waals surface area contributed by atoms with Crippen molar-refractivity contribution in [3.63, 3.8) is 0 Å². The van der Waals surface area contributed by atoms with Crippen molar-refractivity contribution in [1.29, 1.82) is 0 Å². The highest BCUT2D eigenvalue weighted by Gasteiger charge is 2.37. The second kappa shape index (κ2) is 6.41. The molecule has 2 atom stereocenters. The van der Waals surface area contributed by atoms with Gasteiger partial charge in [-0.1, -0.05) is 13.3 Å². The molecule has 1 N–H and O–H groups in total. The SMILES string of the molecule is CCC[C@H]1CN(C(C)=O)C[C@@H]1NS(=O)(=O)N1CCCC1. The molecule has 0 aromatic heterocycles. The Labute approximate surface area is 121 Å². The zero-order valence-corrected chi connectivity index (χ0v) is 13.2. The Hall–Kier alpha value is -0.660. The van der Waals surface area contributed by atoms with Gasteiger partial charge < -0.3 is 4.90 Å². The Kier molecular flexibility index (Phi) is 5.04. The highest BCUT2D eigenvalue weighted by atomic mass is 32.2. The number of likely N-dealkylation sites (tertiary alicyclic amines) is 1. The summed E-state index contributed by atoms with van der Waals surface area (Å²) in [7, 11) is -3.40. The molecule has 20 heavy (non-hydrogen) atoms. The molecule has 2 fully saturated rings. The van der Waals surface area contributed by atoms with E-state index in [2.05, 4.69) is 11.6 Å². The summed E-state index contributed by atoms with van der Waals surface area (Å²) in [6.45, 7) is 6.00. The molecule has 0 aliphatic carbocycles. The molecule has 2 rings (SSSR count). The highest BCUT2D eigenvalue weighted by molar-refractivity contribution is 7.87. The molecule has 116 valence electrons. The summed E-state index contributed by atoms with van der Waals surface area (Å²) in [4.78, 5) is 13.2. The van der Waals surface area contributed by atoms with Crippen LogP contribution in [0.3, 0.4) is 0 Å². The monoisotopic (exact) mass is 303 g/mol. The lowest BCUT2D eigenvalue weighted by atomic mass is 9.99. The van der Waals surface area contributed by atoms with Gasteiger partial charge in [0.1, 0.15) is 0 Å². The molecular weight excluding hydrogens is 278 g/mol. The van der Waals surface area contributed by atoms with Crippen molar-refractivity contribution in [2.75, 3.05) is 26.2 Å². The number of hydrogen-bond acceptors (Lipinski definition) is 3. The molecule has 2 aliphatic heterocycles. The van der Waals surface area contributed by atoms with E-state index in [4.69, 9.17) is 0 Å². The summed E-state index contributed by atoms with van der Waals surface area (Å²) < 4.78 is 29.0. The number of carbonyl (C=O) groups is 1. The van der Waals surface area contributed by atoms with Crippen molar-refractivity contribution in [3.05, 3.63) is 0 Å². The molecule has 2 saturated heterocycles. The van der Waals surface area contributed by atoms with Gasteiger partial charge in [0.25, 0.3) is 10.2 Å². The number of hydrogen-bond donors (Lipinski definition) is 1. The number of rotatable bonds is 5. The van der Waals surface area contributed by atoms with E-state index in [1.807, 2.05) is 0 Å². The van der Waals surface area contributed by atoms with Gasteiger partial charge in [0.05, 0.1) is 0 Å². The van der Waals surface area contributed by atoms with Gasteiger partial charge in [-0.25, -0.2) is 0 Å². The molecule has 2 aliphatic rings. The van der Waals surface area contributed by atoms with E-state index < -0.39 is 10.2 Å². The Morgan fingerprint density at radius 1 is 1.25 bits per heavy atom. The number of nitrogens with zero attached hydrogens (tertiary/aromatic N) is 2. The smallest absolute Gasteiger partial charge is 0.279 e. The minimum Gasteiger partial charge on any atom is -0.341 e. The van der Waals surface area contributed by atoms with E-state index in [1.165, 1.54) is 4.31 Å². The van der Waals surface area contributed by atoms with E-state index in [0.717, 1.165) is 25.7 Å². The lowest BCUT2D eigenvalue weighted by molar-refractivity contribution is -0.127. The number of nitrogens with one attached hydrogen (secondary N) is 1. The maximum atomic E-state index is 12.3. The van der Waals surface area contributed by atoms with Crippen LogP contribution in [0.5, 0.6) is 0 Å². The summed E-state index contributed by atoms with van der Waals surface area (Å²) in [5.41, 5.74) is 0. The van der Waals surface area contributed by atoms with Crippen molar-refractivity contribution in [2.45, 2.75) is 45.6 Å². The van der Waals surface area contributed by atoms with Gasteiger partial charge in [-0.05, 0) is 25.2 Å². The quantitative estimate of drug-likeness (QED) is 0.807. The molecule has 2 heterocycles. The molecule has 0 unspecified atom stereocenters. The van der Waals surface area contributed by atoms with Crippen LogP contribution >= 0.6 is 0 Å². The molecule has 0 spiro atoms. The minimum atomic E-state index is -3.40. The summed E-state index contributed by atoms with van der Waals surface area (Å²) in [6, 6.07) is -0.149. The van der Waals surface area contributed by atoms with E-state index in [1.54, 1.807) is 11.8 Å².